The van der Waals surface area contributed by atoms with Gasteiger partial charge in [0.05, 0.1) is 5.54 Å². The number of aryl methyl sites for hydroxylation is 3. The minimum Gasteiger partial charge on any atom is -0.329 e. The van der Waals surface area contributed by atoms with Crippen LogP contribution in [0.3, 0.4) is 0 Å². The molecule has 2 nitrogen and oxygen atoms in total. The molecule has 0 N–H and O–H groups in total. The summed E-state index contributed by atoms with van der Waals surface area (Å²) < 4.78 is 0. The van der Waals surface area contributed by atoms with Crippen LogP contribution in [0.5, 0.6) is 0 Å². The lowest BCUT2D eigenvalue weighted by Crippen LogP contribution is -2.46. The first-order valence-corrected chi connectivity index (χ1v) is 9.15. The molecule has 124 valence electrons. The van der Waals surface area contributed by atoms with Crippen molar-refractivity contribution in [3.8, 4) is 0 Å². The van der Waals surface area contributed by atoms with Crippen LogP contribution in [0.25, 0.3) is 0 Å². The summed E-state index contributed by atoms with van der Waals surface area (Å²) in [5.74, 6) is 0.275. The van der Waals surface area contributed by atoms with E-state index in [-0.39, 0.29) is 11.4 Å². The molecular weight excluding hydrogens is 294 g/mol. The Kier molecular flexibility index (Phi) is 3.71. The summed E-state index contributed by atoms with van der Waals surface area (Å²) >= 11 is 0. The van der Waals surface area contributed by atoms with Crippen molar-refractivity contribution in [1.29, 1.82) is 0 Å². The van der Waals surface area contributed by atoms with Crippen molar-refractivity contribution in [3.05, 3.63) is 70.3 Å². The van der Waals surface area contributed by atoms with Crippen molar-refractivity contribution in [1.82, 2.24) is 4.90 Å². The number of hydrogen-bond donors (Lipinski definition) is 0. The van der Waals surface area contributed by atoms with Gasteiger partial charge in [-0.15, -0.1) is 0 Å². The molecule has 0 saturated carbocycles. The van der Waals surface area contributed by atoms with E-state index < -0.39 is 0 Å². The first-order valence-electron chi connectivity index (χ1n) is 9.15. The second-order valence-electron chi connectivity index (χ2n) is 7.18. The molecule has 2 heteroatoms. The van der Waals surface area contributed by atoms with Gasteiger partial charge in [-0.3, -0.25) is 4.79 Å². The van der Waals surface area contributed by atoms with E-state index in [2.05, 4.69) is 54.3 Å². The van der Waals surface area contributed by atoms with Gasteiger partial charge in [0.25, 0.3) is 0 Å². The number of benzene rings is 2. The number of carbonyl (C=O) groups is 1. The average Bonchev–Trinajstić information content (AvgIpc) is 3.00. The lowest BCUT2D eigenvalue weighted by Gasteiger charge is -2.41. The molecule has 1 aliphatic heterocycles. The molecule has 2 aromatic carbocycles. The summed E-state index contributed by atoms with van der Waals surface area (Å²) in [5, 5.41) is 0. The number of nitrogens with zero attached hydrogens (tertiary/aromatic N) is 1. The highest BCUT2D eigenvalue weighted by Gasteiger charge is 2.48. The van der Waals surface area contributed by atoms with Crippen molar-refractivity contribution in [2.45, 2.75) is 51.5 Å². The predicted octanol–water partition coefficient (Wildman–Crippen LogP) is 4.37. The zero-order valence-electron chi connectivity index (χ0n) is 14.6. The molecule has 1 aliphatic carbocycles. The van der Waals surface area contributed by atoms with E-state index in [0.29, 0.717) is 6.42 Å². The van der Waals surface area contributed by atoms with Gasteiger partial charge < -0.3 is 4.90 Å². The second-order valence-corrected chi connectivity index (χ2v) is 7.18. The Morgan fingerprint density at radius 2 is 1.83 bits per heavy atom. The van der Waals surface area contributed by atoms with E-state index in [9.17, 15) is 4.79 Å². The zero-order chi connectivity index (χ0) is 16.7. The molecule has 4 rings (SSSR count). The van der Waals surface area contributed by atoms with Gasteiger partial charge in [-0.2, -0.15) is 0 Å². The van der Waals surface area contributed by atoms with E-state index in [1.54, 1.807) is 0 Å². The fraction of sp³-hybridized carbons (Fsp3) is 0.409. The molecule has 0 radical (unpaired) electrons. The molecule has 1 atom stereocenters. The minimum atomic E-state index is -0.262. The number of hydrogen-bond acceptors (Lipinski definition) is 1. The Bertz CT molecular complexity index is 794. The van der Waals surface area contributed by atoms with E-state index in [4.69, 9.17) is 0 Å². The van der Waals surface area contributed by atoms with Crippen molar-refractivity contribution < 1.29 is 4.79 Å². The summed E-state index contributed by atoms with van der Waals surface area (Å²) in [6, 6.07) is 15.6. The molecule has 1 saturated heterocycles. The lowest BCUT2D eigenvalue weighted by atomic mass is 9.77. The van der Waals surface area contributed by atoms with E-state index in [0.717, 1.165) is 32.2 Å². The number of rotatable bonds is 1. The Hall–Kier alpha value is -2.09. The average molecular weight is 319 g/mol. The second kappa shape index (κ2) is 5.77. The molecule has 2 aliphatic rings. The van der Waals surface area contributed by atoms with E-state index in [1.807, 2.05) is 6.92 Å². The van der Waals surface area contributed by atoms with Crippen LogP contribution in [-0.4, -0.2) is 17.4 Å². The summed E-state index contributed by atoms with van der Waals surface area (Å²) in [4.78, 5) is 15.0. The van der Waals surface area contributed by atoms with Gasteiger partial charge in [0.2, 0.25) is 5.91 Å². The molecule has 24 heavy (non-hydrogen) atoms. The number of amides is 1. The van der Waals surface area contributed by atoms with E-state index >= 15 is 0 Å². The van der Waals surface area contributed by atoms with Crippen LogP contribution in [0, 0.1) is 6.92 Å². The van der Waals surface area contributed by atoms with Crippen molar-refractivity contribution in [2.24, 2.45) is 0 Å². The maximum absolute atomic E-state index is 12.8. The largest absolute Gasteiger partial charge is 0.329 e. The van der Waals surface area contributed by atoms with E-state index in [1.165, 1.54) is 27.8 Å². The highest BCUT2D eigenvalue weighted by Crippen LogP contribution is 2.49. The van der Waals surface area contributed by atoms with Crippen LogP contribution in [0.1, 0.15) is 54.0 Å². The Morgan fingerprint density at radius 3 is 2.62 bits per heavy atom. The first-order chi connectivity index (χ1) is 11.7. The smallest absolute Gasteiger partial charge is 0.223 e. The number of carbonyl (C=O) groups excluding carboxylic acids is 1. The van der Waals surface area contributed by atoms with Crippen molar-refractivity contribution in [2.75, 3.05) is 6.54 Å². The Balaban J connectivity index is 2.04. The molecule has 1 fully saturated rings. The normalized spacial score (nSPS) is 22.2. The summed E-state index contributed by atoms with van der Waals surface area (Å²) in [6.45, 7) is 5.01. The van der Waals surface area contributed by atoms with Gasteiger partial charge in [0.1, 0.15) is 0 Å². The molecular formula is C22H25NO. The Labute approximate surface area is 144 Å². The van der Waals surface area contributed by atoms with Crippen molar-refractivity contribution in [3.63, 3.8) is 0 Å². The van der Waals surface area contributed by atoms with Gasteiger partial charge in [-0.1, -0.05) is 55.0 Å². The topological polar surface area (TPSA) is 20.3 Å². The summed E-state index contributed by atoms with van der Waals surface area (Å²) in [6.07, 6.45) is 4.80. The third-order valence-electron chi connectivity index (χ3n) is 5.82. The number of fused-ring (bicyclic) bond motifs is 4. The fourth-order valence-corrected chi connectivity index (χ4v) is 4.76. The quantitative estimate of drug-likeness (QED) is 0.764. The SMILES string of the molecule is CCC(=O)N1CCCC12c1ccccc1CCc1ccc(C)cc12. The molecule has 1 unspecified atom stereocenters. The van der Waals surface area contributed by atoms with Gasteiger partial charge in [0.15, 0.2) is 0 Å². The van der Waals surface area contributed by atoms with Gasteiger partial charge in [-0.25, -0.2) is 0 Å². The fourth-order valence-electron chi connectivity index (χ4n) is 4.76. The third kappa shape index (κ3) is 2.12. The third-order valence-corrected chi connectivity index (χ3v) is 5.82. The maximum Gasteiger partial charge on any atom is 0.223 e. The lowest BCUT2D eigenvalue weighted by molar-refractivity contribution is -0.134. The molecule has 1 spiro atoms. The molecule has 1 amide bonds. The van der Waals surface area contributed by atoms with Crippen LogP contribution in [0.2, 0.25) is 0 Å². The van der Waals surface area contributed by atoms with Gasteiger partial charge >= 0.3 is 0 Å². The standard InChI is InChI=1S/C22H25NO/c1-3-21(24)23-14-6-13-22(23)19-8-5-4-7-17(19)11-12-18-10-9-16(2)15-20(18)22/h4-5,7-10,15H,3,6,11-14H2,1-2H3. The summed E-state index contributed by atoms with van der Waals surface area (Å²) in [5.41, 5.74) is 6.56. The predicted molar refractivity (Wildman–Crippen MR) is 97.0 cm³/mol. The van der Waals surface area contributed by atoms with Crippen LogP contribution in [0.15, 0.2) is 42.5 Å². The van der Waals surface area contributed by atoms with Crippen molar-refractivity contribution >= 4 is 5.91 Å². The molecule has 0 aromatic heterocycles. The number of likely N-dealkylation sites (tertiary alicyclic amines) is 1. The Morgan fingerprint density at radius 1 is 1.08 bits per heavy atom. The first kappa shape index (κ1) is 15.4. The van der Waals surface area contributed by atoms with Gasteiger partial charge in [0, 0.05) is 13.0 Å². The maximum atomic E-state index is 12.8. The summed E-state index contributed by atoms with van der Waals surface area (Å²) in [7, 11) is 0. The molecule has 1 heterocycles. The molecule has 2 aromatic rings. The minimum absolute atomic E-state index is 0.262. The highest BCUT2D eigenvalue weighted by atomic mass is 16.2. The van der Waals surface area contributed by atoms with Crippen LogP contribution in [0.4, 0.5) is 0 Å². The monoisotopic (exact) mass is 319 g/mol. The van der Waals surface area contributed by atoms with Crippen LogP contribution < -0.4 is 0 Å². The highest BCUT2D eigenvalue weighted by molar-refractivity contribution is 5.79. The van der Waals surface area contributed by atoms with Crippen LogP contribution >= 0.6 is 0 Å². The zero-order valence-corrected chi connectivity index (χ0v) is 14.6. The van der Waals surface area contributed by atoms with Gasteiger partial charge in [-0.05, 0) is 54.9 Å². The van der Waals surface area contributed by atoms with Crippen LogP contribution in [-0.2, 0) is 23.2 Å². The molecule has 0 bridgehead atoms.